The molecule has 6 nitrogen and oxygen atoms in total. The Bertz CT molecular complexity index is 1210. The molecule has 3 aliphatic rings. The molecule has 0 spiro atoms. The fraction of sp³-hybridized carbons (Fsp3) is 0.357. The van der Waals surface area contributed by atoms with E-state index in [4.69, 9.17) is 14.2 Å². The Balaban J connectivity index is 1.10. The number of benzene rings is 3. The highest BCUT2D eigenvalue weighted by Gasteiger charge is 2.44. The third kappa shape index (κ3) is 4.14. The lowest BCUT2D eigenvalue weighted by atomic mass is 9.85. The van der Waals surface area contributed by atoms with Crippen LogP contribution in [0.5, 0.6) is 23.0 Å². The summed E-state index contributed by atoms with van der Waals surface area (Å²) in [4.78, 5) is 4.73. The molecule has 0 aliphatic carbocycles. The van der Waals surface area contributed by atoms with E-state index in [2.05, 4.69) is 21.2 Å². The number of halogens is 1. The second-order valence-electron chi connectivity index (χ2n) is 9.54. The molecular formula is C28H30FN3O3. The minimum atomic E-state index is -1.33. The molecule has 0 aromatic heterocycles. The normalized spacial score (nSPS) is 21.9. The number of nitrogens with one attached hydrogen (secondary N) is 1. The van der Waals surface area contributed by atoms with Crippen molar-refractivity contribution in [1.82, 2.24) is 4.90 Å². The molecule has 3 aromatic rings. The Morgan fingerprint density at radius 3 is 2.63 bits per heavy atom. The number of hydrogen-bond donors (Lipinski definition) is 1. The number of para-hydroxylation sites is 3. The van der Waals surface area contributed by atoms with Gasteiger partial charge in [-0.1, -0.05) is 37.3 Å². The van der Waals surface area contributed by atoms with Gasteiger partial charge in [-0.3, -0.25) is 4.90 Å². The van der Waals surface area contributed by atoms with Crippen LogP contribution in [0.15, 0.2) is 66.7 Å². The van der Waals surface area contributed by atoms with Gasteiger partial charge in [-0.15, -0.1) is 0 Å². The second kappa shape index (κ2) is 8.96. The molecule has 2 unspecified atom stereocenters. The maximum Gasteiger partial charge on any atom is 0.231 e. The molecule has 3 aromatic carbocycles. The van der Waals surface area contributed by atoms with Crippen LogP contribution in [0.25, 0.3) is 0 Å². The fourth-order valence-corrected chi connectivity index (χ4v) is 5.33. The molecule has 0 radical (unpaired) electrons. The molecule has 1 N–H and O–H groups in total. The largest absolute Gasteiger partial charge is 0.455 e. The number of hydrogen-bond acceptors (Lipinski definition) is 6. The third-order valence-electron chi connectivity index (χ3n) is 7.37. The van der Waals surface area contributed by atoms with Crippen molar-refractivity contribution in [2.24, 2.45) is 5.92 Å². The minimum Gasteiger partial charge on any atom is -0.455 e. The first-order chi connectivity index (χ1) is 17.1. The van der Waals surface area contributed by atoms with Gasteiger partial charge < -0.3 is 24.4 Å². The Labute approximate surface area is 205 Å². The van der Waals surface area contributed by atoms with Crippen LogP contribution in [0, 0.1) is 5.92 Å². The van der Waals surface area contributed by atoms with Crippen LogP contribution in [0.3, 0.4) is 0 Å². The minimum absolute atomic E-state index is 0.105. The van der Waals surface area contributed by atoms with E-state index < -0.39 is 5.67 Å². The van der Waals surface area contributed by atoms with Gasteiger partial charge in [0, 0.05) is 56.0 Å². The Morgan fingerprint density at radius 2 is 1.74 bits per heavy atom. The first kappa shape index (κ1) is 22.0. The molecule has 1 saturated heterocycles. The van der Waals surface area contributed by atoms with Crippen LogP contribution < -0.4 is 24.4 Å². The SMILES string of the molecule is CC(CN1CCN(c2ccccc2Oc2ccc3c(c2)OCO3)CC1)C1(F)CNc2ccccc21. The van der Waals surface area contributed by atoms with Gasteiger partial charge in [-0.2, -0.15) is 0 Å². The average molecular weight is 476 g/mol. The lowest BCUT2D eigenvalue weighted by Crippen LogP contribution is -2.49. The molecular weight excluding hydrogens is 445 g/mol. The fourth-order valence-electron chi connectivity index (χ4n) is 5.33. The topological polar surface area (TPSA) is 46.2 Å². The third-order valence-corrected chi connectivity index (χ3v) is 7.37. The zero-order valence-corrected chi connectivity index (χ0v) is 19.9. The molecule has 2 atom stereocenters. The zero-order valence-electron chi connectivity index (χ0n) is 19.9. The second-order valence-corrected chi connectivity index (χ2v) is 9.54. The first-order valence-electron chi connectivity index (χ1n) is 12.3. The van der Waals surface area contributed by atoms with Crippen LogP contribution in [0.4, 0.5) is 15.8 Å². The standard InChI is InChI=1S/C28H30FN3O3/c1-20(28(29)18-30-23-7-3-2-6-22(23)28)17-31-12-14-32(15-13-31)24-8-4-5-9-25(24)35-21-10-11-26-27(16-21)34-19-33-26/h2-11,16,20,30H,12-15,17-19H2,1H3. The van der Waals surface area contributed by atoms with Crippen LogP contribution in [-0.2, 0) is 5.67 Å². The number of ether oxygens (including phenoxy) is 3. The summed E-state index contributed by atoms with van der Waals surface area (Å²) in [6, 6.07) is 21.5. The van der Waals surface area contributed by atoms with Gasteiger partial charge in [0.05, 0.1) is 12.2 Å². The lowest BCUT2D eigenvalue weighted by molar-refractivity contribution is 0.0765. The Kier molecular flexibility index (Phi) is 5.65. The maximum atomic E-state index is 16.0. The summed E-state index contributed by atoms with van der Waals surface area (Å²) in [5.74, 6) is 2.86. The van der Waals surface area contributed by atoms with Crippen LogP contribution in [0.2, 0.25) is 0 Å². The van der Waals surface area contributed by atoms with Gasteiger partial charge in [0.15, 0.2) is 22.9 Å². The van der Waals surface area contributed by atoms with Gasteiger partial charge in [0.1, 0.15) is 5.75 Å². The lowest BCUT2D eigenvalue weighted by Gasteiger charge is -2.39. The number of nitrogens with zero attached hydrogens (tertiary/aromatic N) is 2. The van der Waals surface area contributed by atoms with Crippen LogP contribution in [-0.4, -0.2) is 51.0 Å². The van der Waals surface area contributed by atoms with Crippen LogP contribution in [0.1, 0.15) is 12.5 Å². The van der Waals surface area contributed by atoms with Crippen molar-refractivity contribution >= 4 is 11.4 Å². The highest BCUT2D eigenvalue weighted by atomic mass is 19.1. The molecule has 1 fully saturated rings. The quantitative estimate of drug-likeness (QED) is 0.525. The summed E-state index contributed by atoms with van der Waals surface area (Å²) in [5.41, 5.74) is 1.44. The van der Waals surface area contributed by atoms with Crippen molar-refractivity contribution in [2.75, 3.05) is 56.3 Å². The van der Waals surface area contributed by atoms with Crippen molar-refractivity contribution < 1.29 is 18.6 Å². The van der Waals surface area contributed by atoms with Gasteiger partial charge >= 0.3 is 0 Å². The molecule has 35 heavy (non-hydrogen) atoms. The van der Waals surface area contributed by atoms with Gasteiger partial charge in [-0.05, 0) is 30.3 Å². The van der Waals surface area contributed by atoms with Gasteiger partial charge in [0.2, 0.25) is 6.79 Å². The van der Waals surface area contributed by atoms with E-state index >= 15 is 4.39 Å². The van der Waals surface area contributed by atoms with E-state index in [1.165, 1.54) is 0 Å². The van der Waals surface area contributed by atoms with E-state index in [-0.39, 0.29) is 12.7 Å². The van der Waals surface area contributed by atoms with Crippen molar-refractivity contribution in [2.45, 2.75) is 12.6 Å². The number of alkyl halides is 1. The molecule has 0 saturated carbocycles. The number of fused-ring (bicyclic) bond motifs is 2. The van der Waals surface area contributed by atoms with E-state index in [9.17, 15) is 0 Å². The molecule has 0 bridgehead atoms. The van der Waals surface area contributed by atoms with Crippen molar-refractivity contribution in [1.29, 1.82) is 0 Å². The van der Waals surface area contributed by atoms with E-state index in [1.807, 2.05) is 67.6 Å². The molecule has 182 valence electrons. The smallest absolute Gasteiger partial charge is 0.231 e. The molecule has 7 heteroatoms. The highest BCUT2D eigenvalue weighted by molar-refractivity contribution is 5.61. The Hall–Kier alpha value is -3.45. The molecule has 0 amide bonds. The van der Waals surface area contributed by atoms with E-state index in [0.29, 0.717) is 18.0 Å². The molecule has 3 aliphatic heterocycles. The number of rotatable bonds is 6. The molecule has 6 rings (SSSR count). The van der Waals surface area contributed by atoms with Gasteiger partial charge in [-0.25, -0.2) is 4.39 Å². The van der Waals surface area contributed by atoms with Gasteiger partial charge in [0.25, 0.3) is 0 Å². The number of anilines is 2. The summed E-state index contributed by atoms with van der Waals surface area (Å²) < 4.78 is 33.1. The van der Waals surface area contributed by atoms with E-state index in [1.54, 1.807) is 0 Å². The summed E-state index contributed by atoms with van der Waals surface area (Å²) in [7, 11) is 0. The number of piperazine rings is 1. The molecule has 3 heterocycles. The predicted molar refractivity (Wildman–Crippen MR) is 135 cm³/mol. The van der Waals surface area contributed by atoms with E-state index in [0.717, 1.165) is 61.2 Å². The average Bonchev–Trinajstić information content (AvgIpc) is 3.50. The van der Waals surface area contributed by atoms with Crippen LogP contribution >= 0.6 is 0 Å². The predicted octanol–water partition coefficient (Wildman–Crippen LogP) is 5.26. The highest BCUT2D eigenvalue weighted by Crippen LogP contribution is 2.44. The first-order valence-corrected chi connectivity index (χ1v) is 12.3. The monoisotopic (exact) mass is 475 g/mol. The van der Waals surface area contributed by atoms with Crippen molar-refractivity contribution in [3.63, 3.8) is 0 Å². The van der Waals surface area contributed by atoms with Crippen molar-refractivity contribution in [3.8, 4) is 23.0 Å². The summed E-state index contributed by atoms with van der Waals surface area (Å²) in [6.07, 6.45) is 0. The van der Waals surface area contributed by atoms with Crippen molar-refractivity contribution in [3.05, 3.63) is 72.3 Å². The Morgan fingerprint density at radius 1 is 0.971 bits per heavy atom. The summed E-state index contributed by atoms with van der Waals surface area (Å²) >= 11 is 0. The summed E-state index contributed by atoms with van der Waals surface area (Å²) in [6.45, 7) is 6.84. The summed E-state index contributed by atoms with van der Waals surface area (Å²) in [5, 5.41) is 3.25. The zero-order chi connectivity index (χ0) is 23.8. The maximum absolute atomic E-state index is 16.0.